The van der Waals surface area contributed by atoms with Crippen molar-refractivity contribution in [2.45, 2.75) is 4.90 Å². The van der Waals surface area contributed by atoms with Gasteiger partial charge in [0.15, 0.2) is 0 Å². The molecular formula is C9H11O2S. The Morgan fingerprint density at radius 3 is 2.50 bits per heavy atom. The monoisotopic (exact) mass is 183 g/mol. The van der Waals surface area contributed by atoms with E-state index in [4.69, 9.17) is 4.74 Å². The molecule has 1 aromatic rings. The average Bonchev–Trinajstić information content (AvgIpc) is 2.15. The summed E-state index contributed by atoms with van der Waals surface area (Å²) in [6.07, 6.45) is 0. The van der Waals surface area contributed by atoms with Crippen LogP contribution in [-0.2, 0) is 5.11 Å². The molecule has 65 valence electrons. The van der Waals surface area contributed by atoms with Crippen LogP contribution in [0.25, 0.3) is 0 Å². The lowest BCUT2D eigenvalue weighted by molar-refractivity contribution is 0.215. The number of ether oxygens (including phenoxy) is 1. The number of hydrogen-bond donors (Lipinski definition) is 0. The molecule has 0 fully saturated rings. The van der Waals surface area contributed by atoms with Crippen LogP contribution in [0, 0.1) is 0 Å². The molecule has 0 amide bonds. The summed E-state index contributed by atoms with van der Waals surface area (Å²) in [4.78, 5) is 1.12. The molecule has 0 spiro atoms. The molecule has 0 heterocycles. The van der Waals surface area contributed by atoms with Crippen LogP contribution in [0.1, 0.15) is 0 Å². The number of hydrogen-bond acceptors (Lipinski definition) is 2. The van der Waals surface area contributed by atoms with Crippen LogP contribution in [0.5, 0.6) is 5.75 Å². The molecule has 0 bridgehead atoms. The van der Waals surface area contributed by atoms with Crippen LogP contribution in [0.2, 0.25) is 0 Å². The van der Waals surface area contributed by atoms with Crippen molar-refractivity contribution in [1.29, 1.82) is 0 Å². The Morgan fingerprint density at radius 2 is 2.00 bits per heavy atom. The lowest BCUT2D eigenvalue weighted by atomic mass is 10.3. The predicted molar refractivity (Wildman–Crippen MR) is 49.3 cm³/mol. The molecule has 0 aliphatic heterocycles. The highest BCUT2D eigenvalue weighted by atomic mass is 32.2. The van der Waals surface area contributed by atoms with Crippen molar-refractivity contribution in [3.63, 3.8) is 0 Å². The molecule has 0 aromatic heterocycles. The molecule has 1 radical (unpaired) electrons. The van der Waals surface area contributed by atoms with Crippen LogP contribution < -0.4 is 4.74 Å². The Morgan fingerprint density at radius 1 is 1.33 bits per heavy atom. The van der Waals surface area contributed by atoms with E-state index in [1.54, 1.807) is 18.9 Å². The molecule has 0 aliphatic carbocycles. The second-order valence-electron chi connectivity index (χ2n) is 2.23. The van der Waals surface area contributed by atoms with E-state index in [1.807, 2.05) is 24.3 Å². The second kappa shape index (κ2) is 5.06. The minimum atomic E-state index is -0.0311. The Balaban J connectivity index is 2.53. The molecule has 0 saturated carbocycles. The summed E-state index contributed by atoms with van der Waals surface area (Å²) >= 11 is 1.57. The van der Waals surface area contributed by atoms with Crippen LogP contribution in [-0.4, -0.2) is 19.5 Å². The van der Waals surface area contributed by atoms with Gasteiger partial charge in [-0.05, 0) is 24.3 Å². The Hall–Kier alpha value is -0.670. The fourth-order valence-electron chi connectivity index (χ4n) is 0.831. The number of thioether (sulfide) groups is 1. The average molecular weight is 183 g/mol. The van der Waals surface area contributed by atoms with Crippen LogP contribution >= 0.6 is 11.8 Å². The number of benzene rings is 1. The van der Waals surface area contributed by atoms with E-state index in [1.165, 1.54) is 0 Å². The fourth-order valence-corrected chi connectivity index (χ4v) is 1.48. The summed E-state index contributed by atoms with van der Waals surface area (Å²) in [5.74, 6) is 1.48. The van der Waals surface area contributed by atoms with E-state index in [9.17, 15) is 5.11 Å². The van der Waals surface area contributed by atoms with Gasteiger partial charge in [0.2, 0.25) is 0 Å². The van der Waals surface area contributed by atoms with Gasteiger partial charge in [-0.25, -0.2) is 5.11 Å². The molecule has 1 aromatic carbocycles. The predicted octanol–water partition coefficient (Wildman–Crippen LogP) is 2.22. The summed E-state index contributed by atoms with van der Waals surface area (Å²) in [5.41, 5.74) is 0. The van der Waals surface area contributed by atoms with Crippen molar-refractivity contribution < 1.29 is 9.84 Å². The second-order valence-corrected chi connectivity index (χ2v) is 3.40. The molecule has 2 nitrogen and oxygen atoms in total. The van der Waals surface area contributed by atoms with Crippen molar-refractivity contribution in [2.75, 3.05) is 19.5 Å². The highest BCUT2D eigenvalue weighted by molar-refractivity contribution is 7.99. The van der Waals surface area contributed by atoms with E-state index in [2.05, 4.69) is 0 Å². The van der Waals surface area contributed by atoms with Crippen molar-refractivity contribution in [1.82, 2.24) is 0 Å². The number of rotatable bonds is 4. The third kappa shape index (κ3) is 2.75. The van der Waals surface area contributed by atoms with E-state index < -0.39 is 0 Å². The maximum atomic E-state index is 10.2. The minimum absolute atomic E-state index is 0.0311. The zero-order valence-corrected chi connectivity index (χ0v) is 7.76. The van der Waals surface area contributed by atoms with Crippen molar-refractivity contribution in [3.05, 3.63) is 24.3 Å². The van der Waals surface area contributed by atoms with Gasteiger partial charge in [-0.2, -0.15) is 0 Å². The van der Waals surface area contributed by atoms with Crippen LogP contribution in [0.15, 0.2) is 29.2 Å². The molecule has 12 heavy (non-hydrogen) atoms. The minimum Gasteiger partial charge on any atom is -0.497 e. The van der Waals surface area contributed by atoms with Crippen LogP contribution in [0.3, 0.4) is 0 Å². The summed E-state index contributed by atoms with van der Waals surface area (Å²) in [6, 6.07) is 7.71. The van der Waals surface area contributed by atoms with Gasteiger partial charge in [0.1, 0.15) is 5.75 Å². The molecule has 0 unspecified atom stereocenters. The highest BCUT2D eigenvalue weighted by Gasteiger charge is 1.93. The van der Waals surface area contributed by atoms with E-state index in [0.717, 1.165) is 10.6 Å². The molecule has 0 N–H and O–H groups in total. The Kier molecular flexibility index (Phi) is 3.97. The first-order valence-electron chi connectivity index (χ1n) is 3.72. The molecule has 0 saturated heterocycles. The summed E-state index contributed by atoms with van der Waals surface area (Å²) < 4.78 is 5.00. The summed E-state index contributed by atoms with van der Waals surface area (Å²) in [6.45, 7) is -0.0311. The first-order chi connectivity index (χ1) is 5.86. The molecule has 1 rings (SSSR count). The smallest absolute Gasteiger partial charge is 0.118 e. The van der Waals surface area contributed by atoms with Gasteiger partial charge < -0.3 is 4.74 Å². The van der Waals surface area contributed by atoms with Gasteiger partial charge in [-0.15, -0.1) is 11.8 Å². The normalized spacial score (nSPS) is 9.83. The van der Waals surface area contributed by atoms with Gasteiger partial charge in [-0.3, -0.25) is 0 Å². The first-order valence-corrected chi connectivity index (χ1v) is 4.70. The number of methoxy groups -OCH3 is 1. The Labute approximate surface area is 76.6 Å². The lowest BCUT2D eigenvalue weighted by Crippen LogP contribution is -1.84. The van der Waals surface area contributed by atoms with Crippen molar-refractivity contribution >= 4 is 11.8 Å². The SMILES string of the molecule is COc1ccc(SCC[O])cc1. The van der Waals surface area contributed by atoms with E-state index >= 15 is 0 Å². The topological polar surface area (TPSA) is 29.1 Å². The molecule has 0 aliphatic rings. The molecular weight excluding hydrogens is 172 g/mol. The third-order valence-electron chi connectivity index (χ3n) is 1.41. The van der Waals surface area contributed by atoms with Crippen molar-refractivity contribution in [3.8, 4) is 5.75 Å². The Bertz CT molecular complexity index is 220. The van der Waals surface area contributed by atoms with Gasteiger partial charge in [-0.1, -0.05) is 0 Å². The maximum Gasteiger partial charge on any atom is 0.118 e. The summed E-state index contributed by atoms with van der Waals surface area (Å²) in [7, 11) is 1.64. The van der Waals surface area contributed by atoms with Gasteiger partial charge in [0.05, 0.1) is 13.7 Å². The zero-order chi connectivity index (χ0) is 8.81. The van der Waals surface area contributed by atoms with E-state index in [-0.39, 0.29) is 6.61 Å². The first kappa shape index (κ1) is 9.42. The largest absolute Gasteiger partial charge is 0.497 e. The lowest BCUT2D eigenvalue weighted by Gasteiger charge is -2.01. The van der Waals surface area contributed by atoms with Gasteiger partial charge in [0, 0.05) is 10.6 Å². The standard InChI is InChI=1S/C9H11O2S/c1-11-8-2-4-9(5-3-8)12-7-6-10/h2-5H,6-7H2,1H3. The maximum absolute atomic E-state index is 10.2. The fraction of sp³-hybridized carbons (Fsp3) is 0.333. The van der Waals surface area contributed by atoms with Gasteiger partial charge >= 0.3 is 0 Å². The van der Waals surface area contributed by atoms with Crippen LogP contribution in [0.4, 0.5) is 0 Å². The summed E-state index contributed by atoms with van der Waals surface area (Å²) in [5, 5.41) is 10.2. The van der Waals surface area contributed by atoms with Crippen molar-refractivity contribution in [2.24, 2.45) is 0 Å². The molecule has 3 heteroatoms. The third-order valence-corrected chi connectivity index (χ3v) is 2.39. The molecule has 0 atom stereocenters. The highest BCUT2D eigenvalue weighted by Crippen LogP contribution is 2.20. The van der Waals surface area contributed by atoms with E-state index in [0.29, 0.717) is 5.75 Å². The quantitative estimate of drug-likeness (QED) is 0.670. The van der Waals surface area contributed by atoms with Gasteiger partial charge in [0.25, 0.3) is 0 Å². The zero-order valence-electron chi connectivity index (χ0n) is 6.95.